The van der Waals surface area contributed by atoms with Crippen LogP contribution in [-0.2, 0) is 25.3 Å². The van der Waals surface area contributed by atoms with Gasteiger partial charge in [-0.2, -0.15) is 0 Å². The van der Waals surface area contributed by atoms with Gasteiger partial charge < -0.3 is 18.8 Å². The van der Waals surface area contributed by atoms with Gasteiger partial charge in [0.25, 0.3) is 0 Å². The lowest BCUT2D eigenvalue weighted by Gasteiger charge is -2.32. The Morgan fingerprint density at radius 1 is 1.23 bits per heavy atom. The third-order valence-electron chi connectivity index (χ3n) is 4.72. The lowest BCUT2D eigenvalue weighted by atomic mass is 9.77. The third kappa shape index (κ3) is 3.83. The fourth-order valence-electron chi connectivity index (χ4n) is 2.68. The van der Waals surface area contributed by atoms with Crippen LogP contribution in [0.15, 0.2) is 12.1 Å². The number of nitro benzene ring substituents is 1. The topological polar surface area (TPSA) is 97.1 Å². The Labute approximate surface area is 153 Å². The number of rotatable bonds is 6. The summed E-state index contributed by atoms with van der Waals surface area (Å²) in [6.45, 7) is 9.48. The number of hydrogen-bond acceptors (Lipinski definition) is 7. The summed E-state index contributed by atoms with van der Waals surface area (Å²) in [6, 6.07) is 2.94. The SMILES string of the molecule is CCOC(=O)Cc1cc(B2OC(C)(C)C(C)(C)O2)c(OC)c([N+](=O)[O-])c1. The Bertz CT molecular complexity index is 701. The first kappa shape index (κ1) is 20.2. The molecule has 0 bridgehead atoms. The molecule has 0 aromatic heterocycles. The molecule has 0 spiro atoms. The highest BCUT2D eigenvalue weighted by molar-refractivity contribution is 6.63. The average Bonchev–Trinajstić information content (AvgIpc) is 2.74. The van der Waals surface area contributed by atoms with Crippen molar-refractivity contribution in [2.24, 2.45) is 0 Å². The van der Waals surface area contributed by atoms with E-state index in [9.17, 15) is 14.9 Å². The maximum absolute atomic E-state index is 11.8. The van der Waals surface area contributed by atoms with Crippen molar-refractivity contribution in [1.82, 2.24) is 0 Å². The molecule has 8 nitrogen and oxygen atoms in total. The van der Waals surface area contributed by atoms with E-state index in [1.54, 1.807) is 13.0 Å². The minimum atomic E-state index is -0.851. The minimum absolute atomic E-state index is 0.0566. The van der Waals surface area contributed by atoms with Gasteiger partial charge in [-0.05, 0) is 40.2 Å². The third-order valence-corrected chi connectivity index (χ3v) is 4.72. The van der Waals surface area contributed by atoms with Gasteiger partial charge in [0.1, 0.15) is 0 Å². The second kappa shape index (κ2) is 7.24. The standard InChI is InChI=1S/C17H24BNO7/c1-7-24-14(20)10-11-8-12(15(23-6)13(9-11)19(21)22)18-25-16(2,3)17(4,5)26-18/h8-9H,7,10H2,1-6H3. The first-order chi connectivity index (χ1) is 12.0. The van der Waals surface area contributed by atoms with E-state index < -0.39 is 29.2 Å². The molecule has 1 aromatic rings. The van der Waals surface area contributed by atoms with Crippen LogP contribution in [0.4, 0.5) is 5.69 Å². The summed E-state index contributed by atoms with van der Waals surface area (Å²) in [5.74, 6) is -0.409. The maximum Gasteiger partial charge on any atom is 0.498 e. The second-order valence-electron chi connectivity index (χ2n) is 7.06. The van der Waals surface area contributed by atoms with Crippen LogP contribution in [-0.4, -0.2) is 42.9 Å². The molecule has 0 aliphatic carbocycles. The summed E-state index contributed by atoms with van der Waals surface area (Å²) < 4.78 is 22.2. The maximum atomic E-state index is 11.8. The summed E-state index contributed by atoms with van der Waals surface area (Å²) in [6.07, 6.45) is -0.0921. The van der Waals surface area contributed by atoms with Gasteiger partial charge in [0, 0.05) is 11.5 Å². The van der Waals surface area contributed by atoms with Crippen LogP contribution in [0.3, 0.4) is 0 Å². The van der Waals surface area contributed by atoms with E-state index in [0.717, 1.165) is 0 Å². The van der Waals surface area contributed by atoms with Crippen LogP contribution in [0.2, 0.25) is 0 Å². The Balaban J connectivity index is 2.51. The van der Waals surface area contributed by atoms with Crippen molar-refractivity contribution in [2.75, 3.05) is 13.7 Å². The van der Waals surface area contributed by atoms with E-state index in [-0.39, 0.29) is 24.5 Å². The molecule has 0 atom stereocenters. The second-order valence-corrected chi connectivity index (χ2v) is 7.06. The Kier molecular flexibility index (Phi) is 5.62. The molecule has 1 aromatic carbocycles. The molecule has 0 radical (unpaired) electrons. The fraction of sp³-hybridized carbons (Fsp3) is 0.588. The van der Waals surface area contributed by atoms with Crippen molar-refractivity contribution < 1.29 is 28.5 Å². The van der Waals surface area contributed by atoms with Gasteiger partial charge in [0.15, 0.2) is 5.75 Å². The molecular weight excluding hydrogens is 341 g/mol. The van der Waals surface area contributed by atoms with Crippen molar-refractivity contribution in [3.63, 3.8) is 0 Å². The zero-order valence-electron chi connectivity index (χ0n) is 16.0. The fourth-order valence-corrected chi connectivity index (χ4v) is 2.68. The number of ether oxygens (including phenoxy) is 2. The monoisotopic (exact) mass is 365 g/mol. The number of benzene rings is 1. The van der Waals surface area contributed by atoms with Gasteiger partial charge in [-0.15, -0.1) is 0 Å². The van der Waals surface area contributed by atoms with Crippen LogP contribution in [0.25, 0.3) is 0 Å². The highest BCUT2D eigenvalue weighted by Gasteiger charge is 2.53. The van der Waals surface area contributed by atoms with Gasteiger partial charge in [-0.25, -0.2) is 0 Å². The molecule has 0 unspecified atom stereocenters. The first-order valence-corrected chi connectivity index (χ1v) is 8.39. The zero-order chi connectivity index (χ0) is 19.7. The highest BCUT2D eigenvalue weighted by atomic mass is 16.7. The molecule has 2 rings (SSSR count). The lowest BCUT2D eigenvalue weighted by Crippen LogP contribution is -2.41. The van der Waals surface area contributed by atoms with Gasteiger partial charge in [-0.1, -0.05) is 6.07 Å². The van der Waals surface area contributed by atoms with E-state index in [1.807, 2.05) is 27.7 Å². The predicted octanol–water partition coefficient (Wildman–Crippen LogP) is 2.01. The summed E-state index contributed by atoms with van der Waals surface area (Å²) in [5.41, 5.74) is -0.678. The highest BCUT2D eigenvalue weighted by Crippen LogP contribution is 2.38. The number of carbonyl (C=O) groups excluding carboxylic acids is 1. The minimum Gasteiger partial charge on any atom is -0.490 e. The van der Waals surface area contributed by atoms with E-state index in [4.69, 9.17) is 18.8 Å². The number of esters is 1. The molecule has 1 saturated heterocycles. The lowest BCUT2D eigenvalue weighted by molar-refractivity contribution is -0.385. The number of nitro groups is 1. The molecule has 0 N–H and O–H groups in total. The van der Waals surface area contributed by atoms with Crippen LogP contribution < -0.4 is 10.2 Å². The molecule has 142 valence electrons. The first-order valence-electron chi connectivity index (χ1n) is 8.39. The van der Waals surface area contributed by atoms with Crippen molar-refractivity contribution in [3.8, 4) is 5.75 Å². The molecule has 9 heteroatoms. The van der Waals surface area contributed by atoms with Crippen LogP contribution in [0, 0.1) is 10.1 Å². The van der Waals surface area contributed by atoms with Crippen molar-refractivity contribution in [2.45, 2.75) is 52.2 Å². The van der Waals surface area contributed by atoms with Gasteiger partial charge in [0.2, 0.25) is 0 Å². The van der Waals surface area contributed by atoms with Crippen molar-refractivity contribution in [3.05, 3.63) is 27.8 Å². The summed E-state index contributed by atoms with van der Waals surface area (Å²) in [5, 5.41) is 11.5. The van der Waals surface area contributed by atoms with E-state index in [0.29, 0.717) is 11.0 Å². The molecule has 0 saturated carbocycles. The van der Waals surface area contributed by atoms with Gasteiger partial charge in [-0.3, -0.25) is 14.9 Å². The average molecular weight is 365 g/mol. The molecule has 1 aliphatic rings. The molecule has 1 aliphatic heterocycles. The molecule has 26 heavy (non-hydrogen) atoms. The Morgan fingerprint density at radius 3 is 2.27 bits per heavy atom. The Hall–Kier alpha value is -2.13. The molecule has 1 heterocycles. The van der Waals surface area contributed by atoms with E-state index in [1.165, 1.54) is 13.2 Å². The zero-order valence-corrected chi connectivity index (χ0v) is 16.0. The van der Waals surface area contributed by atoms with Crippen LogP contribution in [0.5, 0.6) is 5.75 Å². The van der Waals surface area contributed by atoms with Crippen LogP contribution >= 0.6 is 0 Å². The smallest absolute Gasteiger partial charge is 0.490 e. The molecule has 1 fully saturated rings. The van der Waals surface area contributed by atoms with Crippen molar-refractivity contribution >= 4 is 24.2 Å². The predicted molar refractivity (Wildman–Crippen MR) is 95.7 cm³/mol. The van der Waals surface area contributed by atoms with Gasteiger partial charge in [0.05, 0.1) is 36.3 Å². The van der Waals surface area contributed by atoms with Crippen LogP contribution in [0.1, 0.15) is 40.2 Å². The van der Waals surface area contributed by atoms with Gasteiger partial charge >= 0.3 is 18.8 Å². The van der Waals surface area contributed by atoms with E-state index in [2.05, 4.69) is 0 Å². The number of methoxy groups -OCH3 is 1. The number of nitrogens with zero attached hydrogens (tertiary/aromatic N) is 1. The Morgan fingerprint density at radius 2 is 1.81 bits per heavy atom. The number of hydrogen-bond donors (Lipinski definition) is 0. The molecular formula is C17H24BNO7. The largest absolute Gasteiger partial charge is 0.498 e. The van der Waals surface area contributed by atoms with E-state index >= 15 is 0 Å². The normalized spacial score (nSPS) is 17.8. The van der Waals surface area contributed by atoms with Crippen molar-refractivity contribution in [1.29, 1.82) is 0 Å². The number of carbonyl (C=O) groups is 1. The summed E-state index contributed by atoms with van der Waals surface area (Å²) in [4.78, 5) is 22.7. The molecule has 0 amide bonds. The quantitative estimate of drug-likeness (QED) is 0.329. The summed E-state index contributed by atoms with van der Waals surface area (Å²) >= 11 is 0. The summed E-state index contributed by atoms with van der Waals surface area (Å²) in [7, 11) is 0.498.